The maximum absolute atomic E-state index is 4.69. The summed E-state index contributed by atoms with van der Waals surface area (Å²) in [6.45, 7) is 0.627. The van der Waals surface area contributed by atoms with Crippen molar-refractivity contribution in [3.05, 3.63) is 48.3 Å². The molecule has 0 amide bonds. The molecule has 1 aromatic carbocycles. The molecule has 1 heterocycles. The topological polar surface area (TPSA) is 36.7 Å². The Hall–Kier alpha value is -2.30. The van der Waals surface area contributed by atoms with E-state index in [4.69, 9.17) is 4.99 Å². The lowest BCUT2D eigenvalue weighted by Crippen LogP contribution is -2.35. The van der Waals surface area contributed by atoms with E-state index in [9.17, 15) is 0 Å². The van der Waals surface area contributed by atoms with Gasteiger partial charge in [-0.2, -0.15) is 5.10 Å². The number of aliphatic imine (C=N–C) groups is 1. The zero-order valence-electron chi connectivity index (χ0n) is 12.5. The van der Waals surface area contributed by atoms with Crippen LogP contribution in [-0.2, 0) is 6.54 Å². The van der Waals surface area contributed by atoms with Gasteiger partial charge >= 0.3 is 0 Å². The van der Waals surface area contributed by atoms with Gasteiger partial charge in [0.25, 0.3) is 0 Å². The SMILES string of the molecule is CN(C)C(=NCc1ccccc1-n1cccn1)N(C)C. The van der Waals surface area contributed by atoms with Crippen LogP contribution in [0.3, 0.4) is 0 Å². The van der Waals surface area contributed by atoms with Crippen molar-refractivity contribution in [3.8, 4) is 5.69 Å². The van der Waals surface area contributed by atoms with Crippen LogP contribution in [0.2, 0.25) is 0 Å². The fourth-order valence-corrected chi connectivity index (χ4v) is 2.12. The van der Waals surface area contributed by atoms with Crippen molar-refractivity contribution < 1.29 is 0 Å². The first-order valence-electron chi connectivity index (χ1n) is 6.56. The zero-order valence-corrected chi connectivity index (χ0v) is 12.5. The third-order valence-corrected chi connectivity index (χ3v) is 2.93. The molecule has 2 aromatic rings. The summed E-state index contributed by atoms with van der Waals surface area (Å²) in [7, 11) is 7.99. The number of hydrogen-bond donors (Lipinski definition) is 0. The first kappa shape index (κ1) is 14.1. The van der Waals surface area contributed by atoms with Crippen LogP contribution < -0.4 is 0 Å². The van der Waals surface area contributed by atoms with Crippen LogP contribution in [0.1, 0.15) is 5.56 Å². The Morgan fingerprint density at radius 2 is 1.80 bits per heavy atom. The molecule has 0 fully saturated rings. The molecule has 0 aliphatic heterocycles. The standard InChI is InChI=1S/C15H21N5/c1-18(2)15(19(3)4)16-12-13-8-5-6-9-14(13)20-11-7-10-17-20/h5-11H,12H2,1-4H3. The van der Waals surface area contributed by atoms with Gasteiger partial charge in [-0.05, 0) is 17.7 Å². The van der Waals surface area contributed by atoms with E-state index in [1.54, 1.807) is 6.20 Å². The summed E-state index contributed by atoms with van der Waals surface area (Å²) in [6, 6.07) is 10.1. The lowest BCUT2D eigenvalue weighted by Gasteiger charge is -2.22. The molecule has 0 radical (unpaired) electrons. The molecular weight excluding hydrogens is 250 g/mol. The van der Waals surface area contributed by atoms with Gasteiger partial charge in [-0.15, -0.1) is 0 Å². The Balaban J connectivity index is 2.28. The third kappa shape index (κ3) is 3.17. The predicted octanol–water partition coefficient (Wildman–Crippen LogP) is 1.85. The van der Waals surface area contributed by atoms with Gasteiger partial charge in [0.05, 0.1) is 12.2 Å². The van der Waals surface area contributed by atoms with Crippen molar-refractivity contribution in [3.63, 3.8) is 0 Å². The van der Waals surface area contributed by atoms with Crippen molar-refractivity contribution in [2.24, 2.45) is 4.99 Å². The highest BCUT2D eigenvalue weighted by Crippen LogP contribution is 2.14. The largest absolute Gasteiger partial charge is 0.349 e. The van der Waals surface area contributed by atoms with Crippen molar-refractivity contribution >= 4 is 5.96 Å². The van der Waals surface area contributed by atoms with Gasteiger partial charge in [0, 0.05) is 40.6 Å². The quantitative estimate of drug-likeness (QED) is 0.631. The number of rotatable bonds is 3. The van der Waals surface area contributed by atoms with Crippen molar-refractivity contribution in [1.29, 1.82) is 0 Å². The van der Waals surface area contributed by atoms with E-state index < -0.39 is 0 Å². The van der Waals surface area contributed by atoms with E-state index in [1.807, 2.05) is 67.1 Å². The Morgan fingerprint density at radius 1 is 1.10 bits per heavy atom. The van der Waals surface area contributed by atoms with Gasteiger partial charge < -0.3 is 9.80 Å². The average Bonchev–Trinajstić information content (AvgIpc) is 2.92. The molecular formula is C15H21N5. The van der Waals surface area contributed by atoms with Crippen molar-refractivity contribution in [1.82, 2.24) is 19.6 Å². The summed E-state index contributed by atoms with van der Waals surface area (Å²) in [4.78, 5) is 8.71. The Morgan fingerprint density at radius 3 is 2.40 bits per heavy atom. The summed E-state index contributed by atoms with van der Waals surface area (Å²) >= 11 is 0. The van der Waals surface area contributed by atoms with Gasteiger partial charge in [0.2, 0.25) is 0 Å². The van der Waals surface area contributed by atoms with Gasteiger partial charge in [-0.1, -0.05) is 18.2 Å². The highest BCUT2D eigenvalue weighted by molar-refractivity contribution is 5.79. The van der Waals surface area contributed by atoms with Crippen LogP contribution in [0.25, 0.3) is 5.69 Å². The van der Waals surface area contributed by atoms with Gasteiger partial charge in [0.15, 0.2) is 5.96 Å². The number of aromatic nitrogens is 2. The molecule has 0 saturated carbocycles. The molecule has 2 rings (SSSR count). The maximum atomic E-state index is 4.69. The lowest BCUT2D eigenvalue weighted by molar-refractivity contribution is 0.479. The minimum Gasteiger partial charge on any atom is -0.349 e. The molecule has 1 aromatic heterocycles. The molecule has 0 unspecified atom stereocenters. The second kappa shape index (κ2) is 6.23. The van der Waals surface area contributed by atoms with E-state index >= 15 is 0 Å². The Labute approximate surface area is 120 Å². The van der Waals surface area contributed by atoms with Crippen molar-refractivity contribution in [2.45, 2.75) is 6.54 Å². The normalized spacial score (nSPS) is 10.2. The second-order valence-corrected chi connectivity index (χ2v) is 4.98. The fourth-order valence-electron chi connectivity index (χ4n) is 2.12. The molecule has 0 aliphatic carbocycles. The van der Waals surface area contributed by atoms with E-state index in [2.05, 4.69) is 17.2 Å². The molecule has 0 bridgehead atoms. The fraction of sp³-hybridized carbons (Fsp3) is 0.333. The van der Waals surface area contributed by atoms with Crippen LogP contribution in [0.5, 0.6) is 0 Å². The molecule has 5 heteroatoms. The van der Waals surface area contributed by atoms with Crippen LogP contribution in [0.15, 0.2) is 47.7 Å². The maximum Gasteiger partial charge on any atom is 0.195 e. The number of benzene rings is 1. The number of para-hydroxylation sites is 1. The van der Waals surface area contributed by atoms with Crippen LogP contribution in [-0.4, -0.2) is 53.7 Å². The van der Waals surface area contributed by atoms with Crippen LogP contribution in [0, 0.1) is 0 Å². The van der Waals surface area contributed by atoms with Crippen LogP contribution >= 0.6 is 0 Å². The predicted molar refractivity (Wildman–Crippen MR) is 82.1 cm³/mol. The minimum atomic E-state index is 0.627. The summed E-state index contributed by atoms with van der Waals surface area (Å²) < 4.78 is 1.87. The third-order valence-electron chi connectivity index (χ3n) is 2.93. The lowest BCUT2D eigenvalue weighted by atomic mass is 10.2. The van der Waals surface area contributed by atoms with Gasteiger partial charge in [0.1, 0.15) is 0 Å². The summed E-state index contributed by atoms with van der Waals surface area (Å²) in [5.74, 6) is 0.945. The molecule has 0 saturated heterocycles. The molecule has 5 nitrogen and oxygen atoms in total. The monoisotopic (exact) mass is 271 g/mol. The first-order valence-corrected chi connectivity index (χ1v) is 6.56. The highest BCUT2D eigenvalue weighted by Gasteiger charge is 2.07. The Bertz CT molecular complexity index is 560. The van der Waals surface area contributed by atoms with Crippen molar-refractivity contribution in [2.75, 3.05) is 28.2 Å². The minimum absolute atomic E-state index is 0.627. The van der Waals surface area contributed by atoms with Gasteiger partial charge in [-0.3, -0.25) is 0 Å². The molecule has 0 spiro atoms. The van der Waals surface area contributed by atoms with E-state index in [1.165, 1.54) is 0 Å². The first-order chi connectivity index (χ1) is 9.59. The van der Waals surface area contributed by atoms with E-state index in [-0.39, 0.29) is 0 Å². The second-order valence-electron chi connectivity index (χ2n) is 4.98. The zero-order chi connectivity index (χ0) is 14.5. The molecule has 0 aliphatic rings. The van der Waals surface area contributed by atoms with Gasteiger partial charge in [-0.25, -0.2) is 9.67 Å². The van der Waals surface area contributed by atoms with E-state index in [0.717, 1.165) is 17.2 Å². The molecule has 0 atom stereocenters. The number of nitrogens with zero attached hydrogens (tertiary/aromatic N) is 5. The summed E-state index contributed by atoms with van der Waals surface area (Å²) in [5.41, 5.74) is 2.22. The smallest absolute Gasteiger partial charge is 0.195 e. The summed E-state index contributed by atoms with van der Waals surface area (Å²) in [6.07, 6.45) is 3.73. The molecule has 0 N–H and O–H groups in total. The Kier molecular flexibility index (Phi) is 4.40. The number of hydrogen-bond acceptors (Lipinski definition) is 2. The average molecular weight is 271 g/mol. The molecule has 106 valence electrons. The highest BCUT2D eigenvalue weighted by atomic mass is 15.3. The molecule has 20 heavy (non-hydrogen) atoms. The summed E-state index contributed by atoms with van der Waals surface area (Å²) in [5, 5.41) is 4.29. The van der Waals surface area contributed by atoms with E-state index in [0.29, 0.717) is 6.54 Å². The van der Waals surface area contributed by atoms with Crippen LogP contribution in [0.4, 0.5) is 0 Å². The number of guanidine groups is 1.